The topological polar surface area (TPSA) is 54.3 Å². The molecule has 136 valence electrons. The van der Waals surface area contributed by atoms with Crippen molar-refractivity contribution in [1.29, 1.82) is 0 Å². The van der Waals surface area contributed by atoms with Crippen LogP contribution in [0.3, 0.4) is 0 Å². The zero-order chi connectivity index (χ0) is 17.6. The van der Waals surface area contributed by atoms with Gasteiger partial charge >= 0.3 is 0 Å². The molecule has 3 heterocycles. The quantitative estimate of drug-likeness (QED) is 0.760. The number of carbonyl (C=O) groups excluding carboxylic acids is 1. The first kappa shape index (κ1) is 17.9. The van der Waals surface area contributed by atoms with Crippen molar-refractivity contribution >= 4 is 22.4 Å². The number of rotatable bonds is 7. The molecule has 3 rings (SSSR count). The van der Waals surface area contributed by atoms with Gasteiger partial charge in [-0.1, -0.05) is 25.2 Å². The fraction of sp³-hybridized carbons (Fsp3) is 0.611. The summed E-state index contributed by atoms with van der Waals surface area (Å²) in [5.41, 5.74) is 0. The molecule has 2 aromatic heterocycles. The van der Waals surface area contributed by atoms with E-state index in [1.807, 2.05) is 29.1 Å². The van der Waals surface area contributed by atoms with Gasteiger partial charge in [0.05, 0.1) is 0 Å². The average molecular weight is 362 g/mol. The van der Waals surface area contributed by atoms with Crippen molar-refractivity contribution in [2.75, 3.05) is 31.1 Å². The molecule has 0 N–H and O–H groups in total. The third kappa shape index (κ3) is 4.21. The second-order valence-corrected chi connectivity index (χ2v) is 7.48. The van der Waals surface area contributed by atoms with Crippen LogP contribution < -0.4 is 4.90 Å². The fourth-order valence-corrected chi connectivity index (χ4v) is 4.22. The predicted octanol–water partition coefficient (Wildman–Crippen LogP) is 3.19. The zero-order valence-electron chi connectivity index (χ0n) is 15.1. The summed E-state index contributed by atoms with van der Waals surface area (Å²) in [6.07, 6.45) is 7.81. The van der Waals surface area contributed by atoms with Crippen LogP contribution in [0.4, 0.5) is 5.13 Å². The molecule has 6 nitrogen and oxygen atoms in total. The minimum Gasteiger partial charge on any atom is -0.347 e. The Morgan fingerprint density at radius 3 is 2.32 bits per heavy atom. The van der Waals surface area contributed by atoms with Gasteiger partial charge in [-0.25, -0.2) is 0 Å². The largest absolute Gasteiger partial charge is 0.347 e. The van der Waals surface area contributed by atoms with E-state index in [9.17, 15) is 4.79 Å². The molecule has 1 aliphatic heterocycles. The number of hydrogen-bond donors (Lipinski definition) is 0. The number of anilines is 1. The zero-order valence-corrected chi connectivity index (χ0v) is 15.9. The molecule has 0 spiro atoms. The van der Waals surface area contributed by atoms with Crippen LogP contribution in [0.2, 0.25) is 0 Å². The number of piperidine rings is 1. The molecule has 0 bridgehead atoms. The minimum atomic E-state index is 0.159. The van der Waals surface area contributed by atoms with Crippen molar-refractivity contribution in [3.8, 4) is 5.13 Å². The van der Waals surface area contributed by atoms with Gasteiger partial charge in [-0.05, 0) is 37.8 Å². The highest BCUT2D eigenvalue weighted by Crippen LogP contribution is 2.28. The van der Waals surface area contributed by atoms with E-state index in [1.54, 1.807) is 11.3 Å². The van der Waals surface area contributed by atoms with Crippen LogP contribution in [0.1, 0.15) is 39.5 Å². The lowest BCUT2D eigenvalue weighted by Gasteiger charge is -2.33. The van der Waals surface area contributed by atoms with Crippen LogP contribution in [0.15, 0.2) is 24.5 Å². The van der Waals surface area contributed by atoms with Crippen LogP contribution >= 0.6 is 11.3 Å². The lowest BCUT2D eigenvalue weighted by molar-refractivity contribution is -0.136. The number of hydrogen-bond acceptors (Lipinski definition) is 5. The van der Waals surface area contributed by atoms with E-state index >= 15 is 0 Å². The molecule has 1 saturated heterocycles. The predicted molar refractivity (Wildman–Crippen MR) is 101 cm³/mol. The van der Waals surface area contributed by atoms with E-state index in [2.05, 4.69) is 33.8 Å². The normalized spacial score (nSPS) is 15.5. The van der Waals surface area contributed by atoms with Crippen molar-refractivity contribution in [3.05, 3.63) is 24.5 Å². The standard InChI is InChI=1S/C18H27N5OS/c1-3-9-21(10-4-2)16(24)15-7-13-23(14-8-15)18-20-19-17(25-18)22-11-5-6-12-22/h5-6,11-12,15H,3-4,7-10,13-14H2,1-2H3. The Bertz CT molecular complexity index is 655. The maximum absolute atomic E-state index is 12.8. The Balaban J connectivity index is 1.57. The molecule has 0 aliphatic carbocycles. The Hall–Kier alpha value is -1.89. The molecular weight excluding hydrogens is 334 g/mol. The Labute approximate surface area is 153 Å². The highest BCUT2D eigenvalue weighted by Gasteiger charge is 2.29. The van der Waals surface area contributed by atoms with Gasteiger partial charge in [0.25, 0.3) is 0 Å². The maximum Gasteiger partial charge on any atom is 0.225 e. The van der Waals surface area contributed by atoms with E-state index in [-0.39, 0.29) is 5.92 Å². The Morgan fingerprint density at radius 2 is 1.72 bits per heavy atom. The van der Waals surface area contributed by atoms with Gasteiger partial charge in [-0.3, -0.25) is 9.36 Å². The summed E-state index contributed by atoms with van der Waals surface area (Å²) in [5, 5.41) is 10.5. The first-order valence-corrected chi connectivity index (χ1v) is 10.0. The van der Waals surface area contributed by atoms with E-state index in [1.165, 1.54) is 0 Å². The van der Waals surface area contributed by atoms with Gasteiger partial charge in [0.15, 0.2) is 0 Å². The highest BCUT2D eigenvalue weighted by atomic mass is 32.1. The van der Waals surface area contributed by atoms with Crippen LogP contribution in [0.25, 0.3) is 5.13 Å². The van der Waals surface area contributed by atoms with Gasteiger partial charge in [0, 0.05) is 44.5 Å². The van der Waals surface area contributed by atoms with Crippen molar-refractivity contribution in [1.82, 2.24) is 19.7 Å². The molecule has 0 radical (unpaired) electrons. The lowest BCUT2D eigenvalue weighted by Crippen LogP contribution is -2.43. The van der Waals surface area contributed by atoms with Crippen LogP contribution in [-0.4, -0.2) is 51.8 Å². The summed E-state index contributed by atoms with van der Waals surface area (Å²) in [6.45, 7) is 7.78. The Kier molecular flexibility index (Phi) is 6.07. The molecule has 1 fully saturated rings. The van der Waals surface area contributed by atoms with E-state index in [0.29, 0.717) is 5.91 Å². The van der Waals surface area contributed by atoms with Crippen molar-refractivity contribution in [2.45, 2.75) is 39.5 Å². The van der Waals surface area contributed by atoms with Gasteiger partial charge in [-0.15, -0.1) is 10.2 Å². The SMILES string of the molecule is CCCN(CCC)C(=O)C1CCN(c2nnc(-n3cccc3)s2)CC1. The van der Waals surface area contributed by atoms with E-state index in [4.69, 9.17) is 0 Å². The van der Waals surface area contributed by atoms with Crippen LogP contribution in [-0.2, 0) is 4.79 Å². The smallest absolute Gasteiger partial charge is 0.225 e. The summed E-state index contributed by atoms with van der Waals surface area (Å²) in [5.74, 6) is 0.500. The van der Waals surface area contributed by atoms with Gasteiger partial charge in [-0.2, -0.15) is 0 Å². The third-order valence-corrected chi connectivity index (χ3v) is 5.64. The number of carbonyl (C=O) groups is 1. The molecule has 0 unspecified atom stereocenters. The van der Waals surface area contributed by atoms with E-state index in [0.717, 1.165) is 62.1 Å². The maximum atomic E-state index is 12.8. The summed E-state index contributed by atoms with van der Waals surface area (Å²) in [4.78, 5) is 17.1. The lowest BCUT2D eigenvalue weighted by atomic mass is 9.95. The minimum absolute atomic E-state index is 0.159. The summed E-state index contributed by atoms with van der Waals surface area (Å²) in [6, 6.07) is 3.97. The monoisotopic (exact) mass is 361 g/mol. The number of amides is 1. The van der Waals surface area contributed by atoms with Gasteiger partial charge in [0.1, 0.15) is 0 Å². The highest BCUT2D eigenvalue weighted by molar-refractivity contribution is 7.17. The first-order valence-electron chi connectivity index (χ1n) is 9.23. The molecule has 25 heavy (non-hydrogen) atoms. The molecule has 0 atom stereocenters. The molecule has 1 aliphatic rings. The van der Waals surface area contributed by atoms with Crippen LogP contribution in [0.5, 0.6) is 0 Å². The van der Waals surface area contributed by atoms with Gasteiger partial charge < -0.3 is 9.80 Å². The Morgan fingerprint density at radius 1 is 1.12 bits per heavy atom. The summed E-state index contributed by atoms with van der Waals surface area (Å²) >= 11 is 1.60. The second-order valence-electron chi connectivity index (χ2n) is 6.54. The summed E-state index contributed by atoms with van der Waals surface area (Å²) < 4.78 is 1.98. The molecule has 0 saturated carbocycles. The fourth-order valence-electron chi connectivity index (χ4n) is 3.35. The van der Waals surface area contributed by atoms with Crippen LogP contribution in [0, 0.1) is 5.92 Å². The number of aromatic nitrogens is 3. The average Bonchev–Trinajstić information content (AvgIpc) is 3.32. The molecule has 2 aromatic rings. The molecule has 7 heteroatoms. The van der Waals surface area contributed by atoms with Crippen molar-refractivity contribution in [3.63, 3.8) is 0 Å². The molecular formula is C18H27N5OS. The van der Waals surface area contributed by atoms with E-state index < -0.39 is 0 Å². The van der Waals surface area contributed by atoms with Crippen molar-refractivity contribution in [2.24, 2.45) is 5.92 Å². The molecule has 1 amide bonds. The first-order chi connectivity index (χ1) is 12.2. The third-order valence-electron chi connectivity index (χ3n) is 4.64. The number of nitrogens with zero attached hydrogens (tertiary/aromatic N) is 5. The molecule has 0 aromatic carbocycles. The van der Waals surface area contributed by atoms with Gasteiger partial charge in [0.2, 0.25) is 16.2 Å². The summed E-state index contributed by atoms with van der Waals surface area (Å²) in [7, 11) is 0. The second kappa shape index (κ2) is 8.47. The van der Waals surface area contributed by atoms with Crippen molar-refractivity contribution < 1.29 is 4.79 Å².